The predicted octanol–water partition coefficient (Wildman–Crippen LogP) is 3.48. The maximum atomic E-state index is 12.2. The zero-order chi connectivity index (χ0) is 17.0. The molecule has 2 heterocycles. The Morgan fingerprint density at radius 2 is 1.96 bits per heavy atom. The van der Waals surface area contributed by atoms with Gasteiger partial charge in [-0.3, -0.25) is 0 Å². The Morgan fingerprint density at radius 3 is 2.58 bits per heavy atom. The van der Waals surface area contributed by atoms with Gasteiger partial charge in [-0.05, 0) is 36.4 Å². The van der Waals surface area contributed by atoms with E-state index in [2.05, 4.69) is 15.0 Å². The number of nitrogens with zero attached hydrogens (tertiary/aromatic N) is 1. The molecule has 0 radical (unpaired) electrons. The molecule has 0 bridgehead atoms. The Labute approximate surface area is 148 Å². The van der Waals surface area contributed by atoms with Crippen LogP contribution in [0.4, 0.5) is 5.69 Å². The van der Waals surface area contributed by atoms with E-state index in [0.29, 0.717) is 16.8 Å². The fourth-order valence-corrected chi connectivity index (χ4v) is 3.88. The molecule has 24 heavy (non-hydrogen) atoms. The van der Waals surface area contributed by atoms with Crippen LogP contribution in [0, 0.1) is 0 Å². The molecule has 0 fully saturated rings. The minimum absolute atomic E-state index is 0.113. The number of sulfonamides is 1. The van der Waals surface area contributed by atoms with Gasteiger partial charge in [-0.2, -0.15) is 0 Å². The lowest BCUT2D eigenvalue weighted by molar-refractivity contribution is 0.498. The second kappa shape index (κ2) is 7.35. The van der Waals surface area contributed by atoms with E-state index in [0.717, 1.165) is 10.6 Å². The molecule has 126 valence electrons. The Balaban J connectivity index is 1.60. The van der Waals surface area contributed by atoms with E-state index >= 15 is 0 Å². The first-order chi connectivity index (χ1) is 11.5. The summed E-state index contributed by atoms with van der Waals surface area (Å²) in [7, 11) is -3.58. The smallest absolute Gasteiger partial charge is 0.240 e. The minimum Gasteiger partial charge on any atom is -0.468 e. The van der Waals surface area contributed by atoms with E-state index in [1.54, 1.807) is 42.6 Å². The molecule has 1 aromatic carbocycles. The molecular weight excluding hydrogens is 370 g/mol. The van der Waals surface area contributed by atoms with Gasteiger partial charge in [0.1, 0.15) is 5.76 Å². The van der Waals surface area contributed by atoms with Crippen LogP contribution < -0.4 is 10.0 Å². The monoisotopic (exact) mass is 383 g/mol. The number of rotatable bonds is 7. The first kappa shape index (κ1) is 17.0. The largest absolute Gasteiger partial charge is 0.468 e. The Bertz CT molecular complexity index is 890. The van der Waals surface area contributed by atoms with Crippen LogP contribution in [0.25, 0.3) is 0 Å². The van der Waals surface area contributed by atoms with Gasteiger partial charge in [-0.1, -0.05) is 11.6 Å². The summed E-state index contributed by atoms with van der Waals surface area (Å²) in [6.07, 6.45) is 3.21. The summed E-state index contributed by atoms with van der Waals surface area (Å²) in [6.45, 7) is 0.689. The van der Waals surface area contributed by atoms with Gasteiger partial charge in [0.05, 0.1) is 24.2 Å². The van der Waals surface area contributed by atoms with Crippen molar-refractivity contribution in [3.8, 4) is 0 Å². The first-order valence-corrected chi connectivity index (χ1v) is 9.67. The molecule has 0 saturated heterocycles. The van der Waals surface area contributed by atoms with Gasteiger partial charge in [-0.15, -0.1) is 11.3 Å². The van der Waals surface area contributed by atoms with Crippen molar-refractivity contribution in [3.63, 3.8) is 0 Å². The third-order valence-corrected chi connectivity index (χ3v) is 5.71. The van der Waals surface area contributed by atoms with E-state index in [4.69, 9.17) is 16.0 Å². The third kappa shape index (κ3) is 4.35. The van der Waals surface area contributed by atoms with Crippen LogP contribution in [-0.4, -0.2) is 13.4 Å². The zero-order valence-corrected chi connectivity index (χ0v) is 14.8. The number of anilines is 1. The Hall–Kier alpha value is -1.87. The van der Waals surface area contributed by atoms with Gasteiger partial charge < -0.3 is 9.73 Å². The molecule has 2 N–H and O–H groups in total. The van der Waals surface area contributed by atoms with E-state index in [-0.39, 0.29) is 11.4 Å². The number of nitrogens with one attached hydrogen (secondary N) is 2. The molecule has 3 rings (SSSR count). The minimum atomic E-state index is -3.58. The van der Waals surface area contributed by atoms with Crippen LogP contribution in [0.2, 0.25) is 4.47 Å². The van der Waals surface area contributed by atoms with E-state index in [1.165, 1.54) is 17.6 Å². The molecule has 0 unspecified atom stereocenters. The molecule has 0 atom stereocenters. The Morgan fingerprint density at radius 1 is 1.17 bits per heavy atom. The zero-order valence-electron chi connectivity index (χ0n) is 12.4. The highest BCUT2D eigenvalue weighted by atomic mass is 35.5. The molecule has 9 heteroatoms. The van der Waals surface area contributed by atoms with E-state index in [9.17, 15) is 8.42 Å². The standard InChI is InChI=1S/C15H14ClN3O3S2/c16-15-18-10-13(23-15)9-17-11-3-5-14(6-4-11)24(20,21)19-8-12-2-1-7-22-12/h1-7,10,17,19H,8-9H2. The number of hydrogen-bond acceptors (Lipinski definition) is 6. The molecule has 0 aliphatic rings. The average Bonchev–Trinajstić information content (AvgIpc) is 3.23. The highest BCUT2D eigenvalue weighted by molar-refractivity contribution is 7.89. The van der Waals surface area contributed by atoms with Crippen molar-refractivity contribution < 1.29 is 12.8 Å². The lowest BCUT2D eigenvalue weighted by atomic mass is 10.3. The van der Waals surface area contributed by atoms with Crippen LogP contribution in [0.3, 0.4) is 0 Å². The number of thiazole rings is 1. The Kier molecular flexibility index (Phi) is 5.20. The van der Waals surface area contributed by atoms with Crippen LogP contribution in [0.5, 0.6) is 0 Å². The molecule has 6 nitrogen and oxygen atoms in total. The summed E-state index contributed by atoms with van der Waals surface area (Å²) in [4.78, 5) is 5.16. The molecule has 0 amide bonds. The normalized spacial score (nSPS) is 11.5. The fourth-order valence-electron chi connectivity index (χ4n) is 1.97. The molecule has 0 saturated carbocycles. The summed E-state index contributed by atoms with van der Waals surface area (Å²) in [5.74, 6) is 0.556. The number of aromatic nitrogens is 1. The summed E-state index contributed by atoms with van der Waals surface area (Å²) >= 11 is 7.18. The number of halogens is 1. The van der Waals surface area contributed by atoms with Crippen molar-refractivity contribution in [2.75, 3.05) is 5.32 Å². The topological polar surface area (TPSA) is 84.2 Å². The van der Waals surface area contributed by atoms with Crippen molar-refractivity contribution in [1.82, 2.24) is 9.71 Å². The van der Waals surface area contributed by atoms with Crippen molar-refractivity contribution in [2.45, 2.75) is 18.0 Å². The van der Waals surface area contributed by atoms with Gasteiger partial charge in [0.15, 0.2) is 4.47 Å². The van der Waals surface area contributed by atoms with Crippen LogP contribution in [0.15, 0.2) is 58.2 Å². The second-order valence-electron chi connectivity index (χ2n) is 4.86. The quantitative estimate of drug-likeness (QED) is 0.652. The number of benzene rings is 1. The van der Waals surface area contributed by atoms with Gasteiger partial charge in [0, 0.05) is 16.8 Å². The van der Waals surface area contributed by atoms with E-state index < -0.39 is 10.0 Å². The molecule has 3 aromatic rings. The van der Waals surface area contributed by atoms with Crippen LogP contribution in [-0.2, 0) is 23.1 Å². The molecule has 0 aliphatic carbocycles. The maximum absolute atomic E-state index is 12.2. The lowest BCUT2D eigenvalue weighted by Gasteiger charge is -2.08. The molecule has 0 spiro atoms. The van der Waals surface area contributed by atoms with Gasteiger partial charge >= 0.3 is 0 Å². The molecule has 0 aliphatic heterocycles. The number of furan rings is 1. The second-order valence-corrected chi connectivity index (χ2v) is 8.33. The first-order valence-electron chi connectivity index (χ1n) is 6.99. The third-order valence-electron chi connectivity index (χ3n) is 3.17. The van der Waals surface area contributed by atoms with Crippen molar-refractivity contribution >= 4 is 38.6 Å². The SMILES string of the molecule is O=S(=O)(NCc1ccco1)c1ccc(NCc2cnc(Cl)s2)cc1. The van der Waals surface area contributed by atoms with Crippen molar-refractivity contribution in [3.05, 3.63) is 64.0 Å². The summed E-state index contributed by atoms with van der Waals surface area (Å²) in [5.41, 5.74) is 0.810. The summed E-state index contributed by atoms with van der Waals surface area (Å²) in [6, 6.07) is 9.94. The van der Waals surface area contributed by atoms with Crippen molar-refractivity contribution in [1.29, 1.82) is 0 Å². The van der Waals surface area contributed by atoms with Crippen LogP contribution >= 0.6 is 22.9 Å². The van der Waals surface area contributed by atoms with E-state index in [1.807, 2.05) is 0 Å². The predicted molar refractivity (Wildman–Crippen MR) is 93.6 cm³/mol. The van der Waals surface area contributed by atoms with Crippen molar-refractivity contribution in [2.24, 2.45) is 0 Å². The maximum Gasteiger partial charge on any atom is 0.240 e. The highest BCUT2D eigenvalue weighted by Crippen LogP contribution is 2.20. The number of hydrogen-bond donors (Lipinski definition) is 2. The van der Waals surface area contributed by atoms with Crippen LogP contribution in [0.1, 0.15) is 10.6 Å². The van der Waals surface area contributed by atoms with Gasteiger partial charge in [-0.25, -0.2) is 18.1 Å². The highest BCUT2D eigenvalue weighted by Gasteiger charge is 2.14. The summed E-state index contributed by atoms with van der Waals surface area (Å²) < 4.78 is 32.6. The molecular formula is C15H14ClN3O3S2. The van der Waals surface area contributed by atoms with Gasteiger partial charge in [0.25, 0.3) is 0 Å². The fraction of sp³-hybridized carbons (Fsp3) is 0.133. The van der Waals surface area contributed by atoms with Gasteiger partial charge in [0.2, 0.25) is 10.0 Å². The molecule has 2 aromatic heterocycles. The lowest BCUT2D eigenvalue weighted by Crippen LogP contribution is -2.22. The average molecular weight is 384 g/mol. The summed E-state index contributed by atoms with van der Waals surface area (Å²) in [5, 5.41) is 3.19.